The van der Waals surface area contributed by atoms with Crippen molar-refractivity contribution in [2.75, 3.05) is 19.5 Å². The first-order chi connectivity index (χ1) is 13.1. The number of aliphatic imine (C=N–C) groups is 1. The predicted octanol–water partition coefficient (Wildman–Crippen LogP) is 4.28. The first-order valence-corrected chi connectivity index (χ1v) is 8.15. The van der Waals surface area contributed by atoms with Crippen molar-refractivity contribution in [3.8, 4) is 17.6 Å². The molecule has 136 valence electrons. The molecule has 2 N–H and O–H groups in total. The Hall–Kier alpha value is -3.79. The summed E-state index contributed by atoms with van der Waals surface area (Å²) in [6.45, 7) is 5.38. The third-order valence-electron chi connectivity index (χ3n) is 4.18. The SMILES string of the molecule is C=Nc1cc(OC)cc(OC)c1/C(Nc1ccc2[nH]ncc2c1)=C(\C)C#N. The van der Waals surface area contributed by atoms with Crippen molar-refractivity contribution < 1.29 is 9.47 Å². The van der Waals surface area contributed by atoms with Crippen LogP contribution in [0.4, 0.5) is 11.4 Å². The van der Waals surface area contributed by atoms with E-state index in [1.807, 2.05) is 18.2 Å². The van der Waals surface area contributed by atoms with Gasteiger partial charge in [0.25, 0.3) is 0 Å². The molecule has 0 saturated carbocycles. The number of ether oxygens (including phenoxy) is 2. The lowest BCUT2D eigenvalue weighted by atomic mass is 10.0. The Morgan fingerprint density at radius 3 is 2.74 bits per heavy atom. The Bertz CT molecular complexity index is 1080. The lowest BCUT2D eigenvalue weighted by Gasteiger charge is -2.18. The van der Waals surface area contributed by atoms with E-state index in [2.05, 4.69) is 33.3 Å². The lowest BCUT2D eigenvalue weighted by Crippen LogP contribution is -2.04. The number of hydrogen-bond acceptors (Lipinski definition) is 6. The minimum absolute atomic E-state index is 0.482. The molecule has 2 aromatic carbocycles. The number of benzene rings is 2. The predicted molar refractivity (Wildman–Crippen MR) is 107 cm³/mol. The van der Waals surface area contributed by atoms with Crippen LogP contribution in [-0.2, 0) is 0 Å². The summed E-state index contributed by atoms with van der Waals surface area (Å²) in [6.07, 6.45) is 1.74. The fourth-order valence-electron chi connectivity index (χ4n) is 2.80. The number of methoxy groups -OCH3 is 2. The van der Waals surface area contributed by atoms with Crippen LogP contribution in [0.25, 0.3) is 16.6 Å². The van der Waals surface area contributed by atoms with E-state index in [1.165, 1.54) is 0 Å². The third-order valence-corrected chi connectivity index (χ3v) is 4.18. The van der Waals surface area contributed by atoms with Gasteiger partial charge in [-0.25, -0.2) is 0 Å². The second kappa shape index (κ2) is 7.62. The Balaban J connectivity index is 2.16. The van der Waals surface area contributed by atoms with Crippen molar-refractivity contribution >= 4 is 34.7 Å². The molecule has 0 fully saturated rings. The fraction of sp³-hybridized carbons (Fsp3) is 0.150. The maximum absolute atomic E-state index is 9.54. The molecule has 0 saturated heterocycles. The molecule has 0 spiro atoms. The zero-order valence-electron chi connectivity index (χ0n) is 15.3. The minimum atomic E-state index is 0.482. The van der Waals surface area contributed by atoms with Crippen molar-refractivity contribution in [3.05, 3.63) is 47.7 Å². The number of aromatic nitrogens is 2. The Morgan fingerprint density at radius 2 is 2.07 bits per heavy atom. The molecule has 0 aliphatic rings. The summed E-state index contributed by atoms with van der Waals surface area (Å²) in [5.74, 6) is 1.12. The Kier molecular flexibility index (Phi) is 5.08. The lowest BCUT2D eigenvalue weighted by molar-refractivity contribution is 0.394. The molecular formula is C20H19N5O2. The molecular weight excluding hydrogens is 342 g/mol. The molecule has 7 nitrogen and oxygen atoms in total. The summed E-state index contributed by atoms with van der Waals surface area (Å²) in [7, 11) is 3.12. The molecule has 1 aromatic heterocycles. The summed E-state index contributed by atoms with van der Waals surface area (Å²) >= 11 is 0. The van der Waals surface area contributed by atoms with E-state index in [-0.39, 0.29) is 0 Å². The molecule has 0 aliphatic heterocycles. The van der Waals surface area contributed by atoms with Gasteiger partial charge in [-0.05, 0) is 31.8 Å². The highest BCUT2D eigenvalue weighted by Gasteiger charge is 2.19. The largest absolute Gasteiger partial charge is 0.497 e. The van der Waals surface area contributed by atoms with E-state index in [1.54, 1.807) is 39.5 Å². The molecule has 0 unspecified atom stereocenters. The normalized spacial score (nSPS) is 11.5. The monoisotopic (exact) mass is 361 g/mol. The number of rotatable bonds is 6. The third kappa shape index (κ3) is 3.46. The van der Waals surface area contributed by atoms with Crippen LogP contribution in [0.1, 0.15) is 12.5 Å². The van der Waals surface area contributed by atoms with Gasteiger partial charge in [0.15, 0.2) is 0 Å². The van der Waals surface area contributed by atoms with E-state index < -0.39 is 0 Å². The van der Waals surface area contributed by atoms with Crippen LogP contribution in [0.15, 0.2) is 47.1 Å². The number of fused-ring (bicyclic) bond motifs is 1. The summed E-state index contributed by atoms with van der Waals surface area (Å²) < 4.78 is 10.8. The van der Waals surface area contributed by atoms with Gasteiger partial charge in [-0.2, -0.15) is 10.4 Å². The van der Waals surface area contributed by atoms with Crippen LogP contribution in [0.3, 0.4) is 0 Å². The van der Waals surface area contributed by atoms with Crippen LogP contribution in [0.5, 0.6) is 11.5 Å². The van der Waals surface area contributed by atoms with Crippen LogP contribution in [0, 0.1) is 11.3 Å². The van der Waals surface area contributed by atoms with Gasteiger partial charge in [0.1, 0.15) is 11.5 Å². The molecule has 7 heteroatoms. The summed E-state index contributed by atoms with van der Waals surface area (Å²) in [4.78, 5) is 4.10. The molecule has 0 amide bonds. The van der Waals surface area contributed by atoms with Crippen LogP contribution in [-0.4, -0.2) is 31.1 Å². The van der Waals surface area contributed by atoms with Gasteiger partial charge >= 0.3 is 0 Å². The molecule has 1 heterocycles. The molecule has 0 bridgehead atoms. The highest BCUT2D eigenvalue weighted by molar-refractivity contribution is 5.91. The van der Waals surface area contributed by atoms with Crippen LogP contribution < -0.4 is 14.8 Å². The van der Waals surface area contributed by atoms with Crippen molar-refractivity contribution in [2.45, 2.75) is 6.92 Å². The zero-order valence-corrected chi connectivity index (χ0v) is 15.3. The number of nitriles is 1. The van der Waals surface area contributed by atoms with E-state index in [9.17, 15) is 5.26 Å². The number of anilines is 1. The van der Waals surface area contributed by atoms with E-state index >= 15 is 0 Å². The maximum Gasteiger partial charge on any atom is 0.134 e. The fourth-order valence-corrected chi connectivity index (χ4v) is 2.80. The number of allylic oxidation sites excluding steroid dienone is 1. The summed E-state index contributed by atoms with van der Waals surface area (Å²) in [6, 6.07) is 11.5. The quantitative estimate of drug-likeness (QED) is 0.505. The van der Waals surface area contributed by atoms with Crippen LogP contribution >= 0.6 is 0 Å². The van der Waals surface area contributed by atoms with Crippen molar-refractivity contribution in [1.29, 1.82) is 5.26 Å². The van der Waals surface area contributed by atoms with Gasteiger partial charge in [-0.1, -0.05) is 0 Å². The molecule has 0 radical (unpaired) electrons. The highest BCUT2D eigenvalue weighted by Crippen LogP contribution is 2.40. The summed E-state index contributed by atoms with van der Waals surface area (Å²) in [5.41, 5.74) is 3.99. The van der Waals surface area contributed by atoms with Gasteiger partial charge in [0.05, 0.1) is 54.5 Å². The van der Waals surface area contributed by atoms with Gasteiger partial charge in [-0.15, -0.1) is 0 Å². The standard InChI is InChI=1S/C20H19N5O2/c1-12(10-21)20(24-14-5-6-16-13(7-14)11-23-25-16)19-17(22-2)8-15(26-3)9-18(19)27-4/h5-9,11,24H,2H2,1,3-4H3,(H,23,25)/b20-12-. The van der Waals surface area contributed by atoms with E-state index in [4.69, 9.17) is 9.47 Å². The number of hydrogen-bond donors (Lipinski definition) is 2. The molecule has 0 aliphatic carbocycles. The van der Waals surface area contributed by atoms with Crippen molar-refractivity contribution in [1.82, 2.24) is 10.2 Å². The van der Waals surface area contributed by atoms with E-state index in [0.29, 0.717) is 34.0 Å². The molecule has 0 atom stereocenters. The first kappa shape index (κ1) is 18.0. The number of nitrogens with one attached hydrogen (secondary N) is 2. The average Bonchev–Trinajstić information content (AvgIpc) is 3.18. The number of aromatic amines is 1. The zero-order chi connectivity index (χ0) is 19.4. The number of H-pyrrole nitrogens is 1. The van der Waals surface area contributed by atoms with Gasteiger partial charge in [0, 0.05) is 23.2 Å². The van der Waals surface area contributed by atoms with Crippen molar-refractivity contribution in [2.24, 2.45) is 4.99 Å². The molecule has 3 rings (SSSR count). The van der Waals surface area contributed by atoms with Crippen molar-refractivity contribution in [3.63, 3.8) is 0 Å². The minimum Gasteiger partial charge on any atom is -0.497 e. The average molecular weight is 361 g/mol. The molecule has 27 heavy (non-hydrogen) atoms. The topological polar surface area (TPSA) is 95.3 Å². The van der Waals surface area contributed by atoms with Gasteiger partial charge in [0.2, 0.25) is 0 Å². The first-order valence-electron chi connectivity index (χ1n) is 8.15. The highest BCUT2D eigenvalue weighted by atomic mass is 16.5. The van der Waals surface area contributed by atoms with Gasteiger partial charge in [-0.3, -0.25) is 10.1 Å². The maximum atomic E-state index is 9.54. The van der Waals surface area contributed by atoms with Gasteiger partial charge < -0.3 is 14.8 Å². The van der Waals surface area contributed by atoms with Crippen LogP contribution in [0.2, 0.25) is 0 Å². The number of nitrogens with zero attached hydrogens (tertiary/aromatic N) is 3. The smallest absolute Gasteiger partial charge is 0.134 e. The Labute approximate surface area is 156 Å². The molecule has 3 aromatic rings. The second-order valence-electron chi connectivity index (χ2n) is 5.79. The Morgan fingerprint density at radius 1 is 1.26 bits per heavy atom. The summed E-state index contributed by atoms with van der Waals surface area (Å²) in [5, 5.41) is 20.8. The van der Waals surface area contributed by atoms with E-state index in [0.717, 1.165) is 16.6 Å². The second-order valence-corrected chi connectivity index (χ2v) is 5.79.